The monoisotopic (exact) mass is 483 g/mol. The van der Waals surface area contributed by atoms with Crippen LogP contribution in [-0.4, -0.2) is 55.6 Å². The first kappa shape index (κ1) is 24.4. The molecule has 182 valence electrons. The molecule has 4 rings (SSSR count). The zero-order valence-corrected chi connectivity index (χ0v) is 20.6. The predicted molar refractivity (Wildman–Crippen MR) is 132 cm³/mol. The Hall–Kier alpha value is -2.71. The molecule has 7 nitrogen and oxygen atoms in total. The summed E-state index contributed by atoms with van der Waals surface area (Å²) in [5.41, 5.74) is 2.54. The lowest BCUT2D eigenvalue weighted by atomic mass is 10.1. The minimum atomic E-state index is -3.66. The third kappa shape index (κ3) is 5.33. The van der Waals surface area contributed by atoms with Crippen molar-refractivity contribution in [3.05, 3.63) is 59.7 Å². The molecule has 0 atom stereocenters. The zero-order valence-electron chi connectivity index (χ0n) is 19.8. The second-order valence-corrected chi connectivity index (χ2v) is 10.9. The van der Waals surface area contributed by atoms with Crippen molar-refractivity contribution in [2.24, 2.45) is 0 Å². The van der Waals surface area contributed by atoms with Crippen LogP contribution in [0.5, 0.6) is 0 Å². The maximum absolute atomic E-state index is 13.3. The molecule has 2 amide bonds. The van der Waals surface area contributed by atoms with Crippen LogP contribution < -0.4 is 4.90 Å². The van der Waals surface area contributed by atoms with Gasteiger partial charge in [-0.3, -0.25) is 9.59 Å². The number of carbonyl (C=O) groups is 2. The van der Waals surface area contributed by atoms with Gasteiger partial charge in [-0.25, -0.2) is 8.42 Å². The average Bonchev–Trinajstić information content (AvgIpc) is 3.30. The normalized spacial score (nSPS) is 16.1. The molecule has 2 aliphatic heterocycles. The standard InChI is InChI=1S/C26H33N3O4S/c1-2-28(20-21-9-5-3-6-10-21)34(32,33)23-11-12-24-22(19-23)15-18-29(24)26(31)14-13-25(30)27-16-7-4-8-17-27/h3,5-6,9-12,19H,2,4,7-8,13-18,20H2,1H3. The minimum Gasteiger partial charge on any atom is -0.343 e. The number of hydrogen-bond acceptors (Lipinski definition) is 4. The first-order valence-electron chi connectivity index (χ1n) is 12.2. The van der Waals surface area contributed by atoms with Crippen molar-refractivity contribution >= 4 is 27.5 Å². The zero-order chi connectivity index (χ0) is 24.1. The van der Waals surface area contributed by atoms with E-state index in [2.05, 4.69) is 0 Å². The molecule has 2 aliphatic rings. The molecule has 0 aliphatic carbocycles. The molecule has 2 aromatic carbocycles. The molecular weight excluding hydrogens is 450 g/mol. The Bertz CT molecular complexity index is 1130. The molecule has 0 radical (unpaired) electrons. The van der Waals surface area contributed by atoms with Gasteiger partial charge in [0, 0.05) is 51.3 Å². The summed E-state index contributed by atoms with van der Waals surface area (Å²) in [6, 6.07) is 14.6. The van der Waals surface area contributed by atoms with Crippen LogP contribution in [0.4, 0.5) is 5.69 Å². The van der Waals surface area contributed by atoms with Crippen LogP contribution in [0.3, 0.4) is 0 Å². The molecule has 0 bridgehead atoms. The third-order valence-corrected chi connectivity index (χ3v) is 8.62. The van der Waals surface area contributed by atoms with Gasteiger partial charge in [-0.2, -0.15) is 4.31 Å². The number of carbonyl (C=O) groups excluding carboxylic acids is 2. The summed E-state index contributed by atoms with van der Waals surface area (Å²) >= 11 is 0. The van der Waals surface area contributed by atoms with Gasteiger partial charge in [-0.15, -0.1) is 0 Å². The molecule has 8 heteroatoms. The quantitative estimate of drug-likeness (QED) is 0.575. The molecule has 1 fully saturated rings. The summed E-state index contributed by atoms with van der Waals surface area (Å²) in [6.45, 7) is 4.60. The number of amides is 2. The van der Waals surface area contributed by atoms with Crippen LogP contribution in [-0.2, 0) is 32.6 Å². The van der Waals surface area contributed by atoms with Gasteiger partial charge >= 0.3 is 0 Å². The van der Waals surface area contributed by atoms with Crippen molar-refractivity contribution in [3.63, 3.8) is 0 Å². The Morgan fingerprint density at radius 3 is 2.32 bits per heavy atom. The van der Waals surface area contributed by atoms with Gasteiger partial charge in [0.2, 0.25) is 21.8 Å². The Morgan fingerprint density at radius 2 is 1.62 bits per heavy atom. The third-order valence-electron chi connectivity index (χ3n) is 6.70. The number of benzene rings is 2. The van der Waals surface area contributed by atoms with Crippen LogP contribution in [0.15, 0.2) is 53.4 Å². The lowest BCUT2D eigenvalue weighted by Gasteiger charge is -2.27. The number of anilines is 1. The highest BCUT2D eigenvalue weighted by atomic mass is 32.2. The van der Waals surface area contributed by atoms with Gasteiger partial charge in [0.25, 0.3) is 0 Å². The van der Waals surface area contributed by atoms with Gasteiger partial charge in [0.1, 0.15) is 0 Å². The first-order chi connectivity index (χ1) is 16.4. The number of rotatable bonds is 8. The molecule has 34 heavy (non-hydrogen) atoms. The average molecular weight is 484 g/mol. The number of fused-ring (bicyclic) bond motifs is 1. The van der Waals surface area contributed by atoms with Crippen LogP contribution in [0.2, 0.25) is 0 Å². The molecule has 0 N–H and O–H groups in total. The van der Waals surface area contributed by atoms with Crippen molar-refractivity contribution in [3.8, 4) is 0 Å². The summed E-state index contributed by atoms with van der Waals surface area (Å²) in [5.74, 6) is -0.0361. The fourth-order valence-corrected chi connectivity index (χ4v) is 6.24. The Kier molecular flexibility index (Phi) is 7.68. The molecule has 0 unspecified atom stereocenters. The number of hydrogen-bond donors (Lipinski definition) is 0. The van der Waals surface area contributed by atoms with Gasteiger partial charge < -0.3 is 9.80 Å². The van der Waals surface area contributed by atoms with E-state index in [0.29, 0.717) is 26.1 Å². The molecule has 0 saturated carbocycles. The maximum Gasteiger partial charge on any atom is 0.243 e. The highest BCUT2D eigenvalue weighted by Gasteiger charge is 2.29. The van der Waals surface area contributed by atoms with Crippen molar-refractivity contribution < 1.29 is 18.0 Å². The van der Waals surface area contributed by atoms with E-state index in [9.17, 15) is 18.0 Å². The summed E-state index contributed by atoms with van der Waals surface area (Å²) in [4.78, 5) is 29.1. The van der Waals surface area contributed by atoms with Crippen LogP contribution in [0, 0.1) is 0 Å². The fraction of sp³-hybridized carbons (Fsp3) is 0.462. The van der Waals surface area contributed by atoms with Crippen LogP contribution in [0.25, 0.3) is 0 Å². The van der Waals surface area contributed by atoms with E-state index in [4.69, 9.17) is 0 Å². The number of sulfonamides is 1. The van der Waals surface area contributed by atoms with E-state index in [1.54, 1.807) is 23.1 Å². The van der Waals surface area contributed by atoms with Crippen molar-refractivity contribution in [2.75, 3.05) is 31.1 Å². The summed E-state index contributed by atoms with van der Waals surface area (Å²) in [7, 11) is -3.66. The number of piperidine rings is 1. The van der Waals surface area contributed by atoms with Crippen molar-refractivity contribution in [2.45, 2.75) is 56.9 Å². The lowest BCUT2D eigenvalue weighted by molar-refractivity contribution is -0.133. The predicted octanol–water partition coefficient (Wildman–Crippen LogP) is 3.58. The summed E-state index contributed by atoms with van der Waals surface area (Å²) in [6.07, 6.45) is 4.23. The maximum atomic E-state index is 13.3. The van der Waals surface area contributed by atoms with Gasteiger partial charge in [0.15, 0.2) is 0 Å². The highest BCUT2D eigenvalue weighted by Crippen LogP contribution is 2.32. The van der Waals surface area contributed by atoms with Crippen LogP contribution in [0.1, 0.15) is 50.2 Å². The van der Waals surface area contributed by atoms with Crippen molar-refractivity contribution in [1.29, 1.82) is 0 Å². The molecule has 1 saturated heterocycles. The van der Waals surface area contributed by atoms with Crippen molar-refractivity contribution in [1.82, 2.24) is 9.21 Å². The first-order valence-corrected chi connectivity index (χ1v) is 13.6. The van der Waals surface area contributed by atoms with E-state index >= 15 is 0 Å². The number of nitrogens with zero attached hydrogens (tertiary/aromatic N) is 3. The number of likely N-dealkylation sites (tertiary alicyclic amines) is 1. The van der Waals surface area contributed by atoms with Gasteiger partial charge in [0.05, 0.1) is 4.90 Å². The molecule has 0 aromatic heterocycles. The molecule has 2 heterocycles. The second kappa shape index (κ2) is 10.7. The van der Waals surface area contributed by atoms with E-state index < -0.39 is 10.0 Å². The van der Waals surface area contributed by atoms with Crippen LogP contribution >= 0.6 is 0 Å². The van der Waals surface area contributed by atoms with Gasteiger partial charge in [-0.05, 0) is 55.0 Å². The van der Waals surface area contributed by atoms with E-state index in [1.165, 1.54) is 4.31 Å². The highest BCUT2D eigenvalue weighted by molar-refractivity contribution is 7.89. The minimum absolute atomic E-state index is 0.0481. The topological polar surface area (TPSA) is 78.0 Å². The smallest absolute Gasteiger partial charge is 0.243 e. The Morgan fingerprint density at radius 1 is 0.912 bits per heavy atom. The SMILES string of the molecule is CCN(Cc1ccccc1)S(=O)(=O)c1ccc2c(c1)CCN2C(=O)CCC(=O)N1CCCCC1. The second-order valence-electron chi connectivity index (χ2n) is 8.94. The Labute approximate surface area is 202 Å². The Balaban J connectivity index is 1.43. The van der Waals surface area contributed by atoms with E-state index in [1.807, 2.05) is 42.2 Å². The van der Waals surface area contributed by atoms with E-state index in [0.717, 1.165) is 49.2 Å². The fourth-order valence-electron chi connectivity index (χ4n) is 4.75. The van der Waals surface area contributed by atoms with Gasteiger partial charge in [-0.1, -0.05) is 37.3 Å². The molecule has 2 aromatic rings. The molecule has 0 spiro atoms. The summed E-state index contributed by atoms with van der Waals surface area (Å²) in [5, 5.41) is 0. The largest absolute Gasteiger partial charge is 0.343 e. The van der Waals surface area contributed by atoms with E-state index in [-0.39, 0.29) is 29.6 Å². The summed E-state index contributed by atoms with van der Waals surface area (Å²) < 4.78 is 28.1. The lowest BCUT2D eigenvalue weighted by Crippen LogP contribution is -2.37. The molecular formula is C26H33N3O4S.